The number of aryl methyl sites for hydroxylation is 2. The van der Waals surface area contributed by atoms with E-state index in [2.05, 4.69) is 11.1 Å². The largest absolute Gasteiger partial charge is 0.344 e. The zero-order chi connectivity index (χ0) is 14.7. The molecule has 1 amide bonds. The van der Waals surface area contributed by atoms with Gasteiger partial charge in [0, 0.05) is 25.9 Å². The van der Waals surface area contributed by atoms with Crippen molar-refractivity contribution in [3.05, 3.63) is 29.6 Å². The Balaban J connectivity index is 2.44. The first-order valence-electron chi connectivity index (χ1n) is 6.82. The highest BCUT2D eigenvalue weighted by molar-refractivity contribution is 6.17. The van der Waals surface area contributed by atoms with Crippen molar-refractivity contribution < 1.29 is 4.79 Å². The molecule has 0 unspecified atom stereocenters. The van der Waals surface area contributed by atoms with Gasteiger partial charge in [0.1, 0.15) is 12.4 Å². The van der Waals surface area contributed by atoms with Gasteiger partial charge in [-0.2, -0.15) is 0 Å². The van der Waals surface area contributed by atoms with E-state index in [1.54, 1.807) is 4.90 Å². The minimum Gasteiger partial charge on any atom is -0.344 e. The summed E-state index contributed by atoms with van der Waals surface area (Å²) in [6.07, 6.45) is 0.665. The Morgan fingerprint density at radius 3 is 2.85 bits per heavy atom. The molecule has 0 saturated carbocycles. The highest BCUT2D eigenvalue weighted by atomic mass is 35.5. The van der Waals surface area contributed by atoms with E-state index in [1.807, 2.05) is 37.6 Å². The Bertz CT molecular complexity index is 621. The molecule has 108 valence electrons. The lowest BCUT2D eigenvalue weighted by atomic mass is 10.2. The van der Waals surface area contributed by atoms with Crippen LogP contribution in [0, 0.1) is 6.92 Å². The average Bonchev–Trinajstić information content (AvgIpc) is 2.76. The minimum absolute atomic E-state index is 0.0872. The van der Waals surface area contributed by atoms with Gasteiger partial charge in [-0.1, -0.05) is 6.07 Å². The number of alkyl halides is 1. The summed E-state index contributed by atoms with van der Waals surface area (Å²) in [5.74, 6) is 1.46. The fraction of sp³-hybridized carbons (Fsp3) is 0.467. The maximum absolute atomic E-state index is 12.2. The molecule has 1 heterocycles. The Hall–Kier alpha value is -1.55. The van der Waals surface area contributed by atoms with Gasteiger partial charge < -0.3 is 9.47 Å². The summed E-state index contributed by atoms with van der Waals surface area (Å²) in [6, 6.07) is 6.09. The molecule has 0 fully saturated rings. The number of fused-ring (bicyclic) bond motifs is 1. The van der Waals surface area contributed by atoms with Crippen molar-refractivity contribution in [1.29, 1.82) is 0 Å². The van der Waals surface area contributed by atoms with Gasteiger partial charge >= 0.3 is 0 Å². The molecular formula is C15H20ClN3O. The molecule has 0 spiro atoms. The van der Waals surface area contributed by atoms with Crippen LogP contribution >= 0.6 is 11.6 Å². The lowest BCUT2D eigenvalue weighted by molar-refractivity contribution is -0.130. The van der Waals surface area contributed by atoms with Gasteiger partial charge in [-0.25, -0.2) is 4.98 Å². The standard InChI is InChI=1S/C15H20ClN3O/c1-4-18(3)15(20)10-19-13-9-11(2)5-6-12(13)17-14(19)7-8-16/h5-6,9H,4,7-8,10H2,1-3H3. The Labute approximate surface area is 124 Å². The SMILES string of the molecule is CCN(C)C(=O)Cn1c(CCCl)nc2ccc(C)cc21. The molecule has 0 aliphatic rings. The first kappa shape index (κ1) is 14.9. The number of benzene rings is 1. The smallest absolute Gasteiger partial charge is 0.242 e. The summed E-state index contributed by atoms with van der Waals surface area (Å²) >= 11 is 5.84. The summed E-state index contributed by atoms with van der Waals surface area (Å²) in [7, 11) is 1.81. The second-order valence-corrected chi connectivity index (χ2v) is 5.33. The van der Waals surface area contributed by atoms with E-state index >= 15 is 0 Å². The fourth-order valence-electron chi connectivity index (χ4n) is 2.17. The Morgan fingerprint density at radius 2 is 2.20 bits per heavy atom. The summed E-state index contributed by atoms with van der Waals surface area (Å²) < 4.78 is 1.99. The van der Waals surface area contributed by atoms with E-state index in [0.717, 1.165) is 22.4 Å². The molecule has 0 aliphatic carbocycles. The van der Waals surface area contributed by atoms with Gasteiger partial charge in [-0.15, -0.1) is 11.6 Å². The molecular weight excluding hydrogens is 274 g/mol. The van der Waals surface area contributed by atoms with Crippen molar-refractivity contribution in [2.24, 2.45) is 0 Å². The van der Waals surface area contributed by atoms with Crippen molar-refractivity contribution in [1.82, 2.24) is 14.5 Å². The van der Waals surface area contributed by atoms with Crippen molar-refractivity contribution in [3.8, 4) is 0 Å². The van der Waals surface area contributed by atoms with Gasteiger partial charge in [-0.3, -0.25) is 4.79 Å². The quantitative estimate of drug-likeness (QED) is 0.795. The van der Waals surface area contributed by atoms with Crippen LogP contribution in [0.5, 0.6) is 0 Å². The van der Waals surface area contributed by atoms with Gasteiger partial charge in [0.05, 0.1) is 11.0 Å². The molecule has 1 aromatic carbocycles. The highest BCUT2D eigenvalue weighted by Gasteiger charge is 2.15. The van der Waals surface area contributed by atoms with E-state index < -0.39 is 0 Å². The number of hydrogen-bond acceptors (Lipinski definition) is 2. The summed E-state index contributed by atoms with van der Waals surface area (Å²) in [5.41, 5.74) is 3.08. The van der Waals surface area contributed by atoms with Crippen molar-refractivity contribution in [2.45, 2.75) is 26.8 Å². The molecule has 4 nitrogen and oxygen atoms in total. The van der Waals surface area contributed by atoms with Crippen molar-refractivity contribution in [2.75, 3.05) is 19.5 Å². The van der Waals surface area contributed by atoms with E-state index in [0.29, 0.717) is 25.4 Å². The molecule has 0 saturated heterocycles. The molecule has 0 aliphatic heterocycles. The second-order valence-electron chi connectivity index (χ2n) is 4.95. The summed E-state index contributed by atoms with van der Waals surface area (Å²) in [4.78, 5) is 18.5. The van der Waals surface area contributed by atoms with Crippen LogP contribution in [0.1, 0.15) is 18.3 Å². The van der Waals surface area contributed by atoms with Crippen LogP contribution in [0.3, 0.4) is 0 Å². The maximum Gasteiger partial charge on any atom is 0.242 e. The summed E-state index contributed by atoms with van der Waals surface area (Å²) in [5, 5.41) is 0. The molecule has 2 aromatic rings. The Kier molecular flexibility index (Phi) is 4.65. The molecule has 0 radical (unpaired) electrons. The molecule has 0 N–H and O–H groups in total. The number of imidazole rings is 1. The van der Waals surface area contributed by atoms with Crippen LogP contribution in [-0.2, 0) is 17.8 Å². The topological polar surface area (TPSA) is 38.1 Å². The van der Waals surface area contributed by atoms with E-state index in [1.165, 1.54) is 0 Å². The number of carbonyl (C=O) groups is 1. The monoisotopic (exact) mass is 293 g/mol. The first-order chi connectivity index (χ1) is 9.56. The van der Waals surface area contributed by atoms with Crippen molar-refractivity contribution in [3.63, 3.8) is 0 Å². The number of halogens is 1. The predicted molar refractivity (Wildman–Crippen MR) is 82.2 cm³/mol. The summed E-state index contributed by atoms with van der Waals surface area (Å²) in [6.45, 7) is 5.03. The van der Waals surface area contributed by atoms with Gasteiger partial charge in [0.15, 0.2) is 0 Å². The van der Waals surface area contributed by atoms with E-state index in [-0.39, 0.29) is 5.91 Å². The molecule has 5 heteroatoms. The second kappa shape index (κ2) is 6.27. The Morgan fingerprint density at radius 1 is 1.45 bits per heavy atom. The van der Waals surface area contributed by atoms with E-state index in [9.17, 15) is 4.79 Å². The van der Waals surface area contributed by atoms with E-state index in [4.69, 9.17) is 11.6 Å². The minimum atomic E-state index is 0.0872. The van der Waals surface area contributed by atoms with Crippen LogP contribution in [0.2, 0.25) is 0 Å². The van der Waals surface area contributed by atoms with Crippen LogP contribution in [0.15, 0.2) is 18.2 Å². The van der Waals surface area contributed by atoms with Crippen LogP contribution in [0.25, 0.3) is 11.0 Å². The van der Waals surface area contributed by atoms with Crippen LogP contribution < -0.4 is 0 Å². The average molecular weight is 294 g/mol. The number of carbonyl (C=O) groups excluding carboxylic acids is 1. The number of amides is 1. The normalized spacial score (nSPS) is 11.0. The predicted octanol–water partition coefficient (Wildman–Crippen LogP) is 2.60. The zero-order valence-electron chi connectivity index (χ0n) is 12.2. The molecule has 0 atom stereocenters. The number of rotatable bonds is 5. The number of nitrogens with zero attached hydrogens (tertiary/aromatic N) is 3. The zero-order valence-corrected chi connectivity index (χ0v) is 12.9. The molecule has 0 bridgehead atoms. The first-order valence-corrected chi connectivity index (χ1v) is 7.36. The highest BCUT2D eigenvalue weighted by Crippen LogP contribution is 2.19. The number of aromatic nitrogens is 2. The third-order valence-corrected chi connectivity index (χ3v) is 3.68. The lowest BCUT2D eigenvalue weighted by Crippen LogP contribution is -2.30. The van der Waals surface area contributed by atoms with Gasteiger partial charge in [-0.05, 0) is 31.5 Å². The van der Waals surface area contributed by atoms with Crippen molar-refractivity contribution >= 4 is 28.5 Å². The number of hydrogen-bond donors (Lipinski definition) is 0. The van der Waals surface area contributed by atoms with Crippen LogP contribution in [-0.4, -0.2) is 39.8 Å². The van der Waals surface area contributed by atoms with Gasteiger partial charge in [0.25, 0.3) is 0 Å². The van der Waals surface area contributed by atoms with Crippen LogP contribution in [0.4, 0.5) is 0 Å². The number of likely N-dealkylation sites (N-methyl/N-ethyl adjacent to an activating group) is 1. The maximum atomic E-state index is 12.2. The molecule has 20 heavy (non-hydrogen) atoms. The molecule has 2 rings (SSSR count). The third kappa shape index (κ3) is 2.96. The third-order valence-electron chi connectivity index (χ3n) is 3.49. The fourth-order valence-corrected chi connectivity index (χ4v) is 2.34. The molecule has 1 aromatic heterocycles. The lowest BCUT2D eigenvalue weighted by Gasteiger charge is -2.16. The van der Waals surface area contributed by atoms with Gasteiger partial charge in [0.2, 0.25) is 5.91 Å².